The van der Waals surface area contributed by atoms with Crippen LogP contribution in [0.5, 0.6) is 0 Å². The van der Waals surface area contributed by atoms with Crippen LogP contribution < -0.4 is 5.32 Å². The number of imide groups is 1. The normalized spacial score (nSPS) is 21.3. The van der Waals surface area contributed by atoms with E-state index in [1.165, 1.54) is 0 Å². The highest BCUT2D eigenvalue weighted by molar-refractivity contribution is 6.07. The van der Waals surface area contributed by atoms with Crippen LogP contribution in [-0.2, 0) is 16.9 Å². The molecule has 1 aromatic heterocycles. The van der Waals surface area contributed by atoms with Crippen LogP contribution in [0, 0.1) is 13.8 Å². The predicted molar refractivity (Wildman–Crippen MR) is 78.9 cm³/mol. The Kier molecular flexibility index (Phi) is 3.24. The van der Waals surface area contributed by atoms with E-state index in [-0.39, 0.29) is 12.5 Å². The molecule has 2 heterocycles. The molecule has 3 amide bonds. The molecule has 1 fully saturated rings. The highest BCUT2D eigenvalue weighted by atomic mass is 16.4. The average molecular weight is 299 g/mol. The summed E-state index contributed by atoms with van der Waals surface area (Å²) >= 11 is 0. The fourth-order valence-corrected chi connectivity index (χ4v) is 2.55. The fraction of sp³-hybridized carbons (Fsp3) is 0.312. The van der Waals surface area contributed by atoms with Crippen molar-refractivity contribution in [3.63, 3.8) is 0 Å². The number of benzene rings is 1. The summed E-state index contributed by atoms with van der Waals surface area (Å²) in [5.41, 5.74) is 0.443. The lowest BCUT2D eigenvalue weighted by Gasteiger charge is -2.21. The third-order valence-electron chi connectivity index (χ3n) is 3.99. The van der Waals surface area contributed by atoms with E-state index in [0.717, 1.165) is 16.2 Å². The number of nitrogens with one attached hydrogen (secondary N) is 1. The Labute approximate surface area is 128 Å². The van der Waals surface area contributed by atoms with Gasteiger partial charge in [-0.15, -0.1) is 0 Å². The summed E-state index contributed by atoms with van der Waals surface area (Å²) < 4.78 is 5.46. The third-order valence-corrected chi connectivity index (χ3v) is 3.99. The number of hydrogen-bond donors (Lipinski definition) is 1. The van der Waals surface area contributed by atoms with Crippen LogP contribution >= 0.6 is 0 Å². The Bertz CT molecular complexity index is 719. The number of rotatable bonds is 3. The van der Waals surface area contributed by atoms with Crippen molar-refractivity contribution >= 4 is 11.9 Å². The minimum atomic E-state index is -1.06. The van der Waals surface area contributed by atoms with Crippen LogP contribution in [0.4, 0.5) is 4.79 Å². The quantitative estimate of drug-likeness (QED) is 0.882. The summed E-state index contributed by atoms with van der Waals surface area (Å²) in [5.74, 6) is 0.737. The number of aromatic nitrogens is 1. The van der Waals surface area contributed by atoms with E-state index >= 15 is 0 Å². The standard InChI is InChI=1S/C16H17N3O3/c1-10-11(2)22-13(17-10)9-19-14(20)16(3,18-15(19)21)12-7-5-4-6-8-12/h4-8H,9H2,1-3H3,(H,18,21). The molecule has 0 aliphatic carbocycles. The van der Waals surface area contributed by atoms with Gasteiger partial charge in [-0.25, -0.2) is 9.78 Å². The van der Waals surface area contributed by atoms with Crippen LogP contribution in [0.3, 0.4) is 0 Å². The van der Waals surface area contributed by atoms with Crippen molar-refractivity contribution in [3.8, 4) is 0 Å². The van der Waals surface area contributed by atoms with Gasteiger partial charge in [0.25, 0.3) is 5.91 Å². The lowest BCUT2D eigenvalue weighted by atomic mass is 9.92. The first kappa shape index (κ1) is 14.3. The molecular formula is C16H17N3O3. The summed E-state index contributed by atoms with van der Waals surface area (Å²) in [5, 5.41) is 2.76. The van der Waals surface area contributed by atoms with Gasteiger partial charge in [0, 0.05) is 0 Å². The summed E-state index contributed by atoms with van der Waals surface area (Å²) in [4.78, 5) is 30.3. The Morgan fingerprint density at radius 2 is 1.91 bits per heavy atom. The minimum absolute atomic E-state index is 0.0295. The van der Waals surface area contributed by atoms with E-state index in [1.807, 2.05) is 37.3 Å². The first-order chi connectivity index (χ1) is 10.4. The number of aryl methyl sites for hydroxylation is 2. The minimum Gasteiger partial charge on any atom is -0.444 e. The van der Waals surface area contributed by atoms with Crippen LogP contribution in [0.25, 0.3) is 0 Å². The van der Waals surface area contributed by atoms with Gasteiger partial charge in [0.05, 0.1) is 5.69 Å². The SMILES string of the molecule is Cc1nc(CN2C(=O)NC(C)(c3ccccc3)C2=O)oc1C. The Morgan fingerprint density at radius 3 is 2.50 bits per heavy atom. The molecule has 1 unspecified atom stereocenters. The smallest absolute Gasteiger partial charge is 0.325 e. The summed E-state index contributed by atoms with van der Waals surface area (Å²) in [6.45, 7) is 5.35. The van der Waals surface area contributed by atoms with Gasteiger partial charge in [0.15, 0.2) is 0 Å². The van der Waals surface area contributed by atoms with Crippen molar-refractivity contribution in [2.24, 2.45) is 0 Å². The van der Waals surface area contributed by atoms with Crippen LogP contribution in [0.2, 0.25) is 0 Å². The van der Waals surface area contributed by atoms with Gasteiger partial charge in [-0.2, -0.15) is 0 Å². The first-order valence-electron chi connectivity index (χ1n) is 7.04. The summed E-state index contributed by atoms with van der Waals surface area (Å²) in [6.07, 6.45) is 0. The lowest BCUT2D eigenvalue weighted by Crippen LogP contribution is -2.40. The molecule has 1 aliphatic heterocycles. The number of hydrogen-bond acceptors (Lipinski definition) is 4. The number of carbonyl (C=O) groups is 2. The van der Waals surface area contributed by atoms with Gasteiger partial charge < -0.3 is 9.73 Å². The fourth-order valence-electron chi connectivity index (χ4n) is 2.55. The lowest BCUT2D eigenvalue weighted by molar-refractivity contribution is -0.131. The van der Waals surface area contributed by atoms with Gasteiger partial charge in [-0.1, -0.05) is 30.3 Å². The topological polar surface area (TPSA) is 75.4 Å². The number of nitrogens with zero attached hydrogens (tertiary/aromatic N) is 2. The van der Waals surface area contributed by atoms with E-state index in [9.17, 15) is 9.59 Å². The maximum Gasteiger partial charge on any atom is 0.325 e. The maximum atomic E-state index is 12.7. The van der Waals surface area contributed by atoms with Crippen LogP contribution in [0.15, 0.2) is 34.7 Å². The molecule has 6 heteroatoms. The molecule has 1 aliphatic rings. The molecule has 0 saturated carbocycles. The molecule has 1 aromatic carbocycles. The van der Waals surface area contributed by atoms with E-state index in [1.54, 1.807) is 13.8 Å². The second-order valence-corrected chi connectivity index (χ2v) is 5.56. The van der Waals surface area contributed by atoms with Crippen molar-refractivity contribution in [3.05, 3.63) is 53.2 Å². The van der Waals surface area contributed by atoms with Crippen LogP contribution in [0.1, 0.15) is 29.8 Å². The van der Waals surface area contributed by atoms with E-state index in [4.69, 9.17) is 4.42 Å². The highest BCUT2D eigenvalue weighted by Crippen LogP contribution is 2.29. The molecule has 3 rings (SSSR count). The zero-order valence-electron chi connectivity index (χ0n) is 12.7. The van der Waals surface area contributed by atoms with Gasteiger partial charge >= 0.3 is 6.03 Å². The molecule has 114 valence electrons. The maximum absolute atomic E-state index is 12.7. The zero-order valence-corrected chi connectivity index (χ0v) is 12.7. The molecule has 0 radical (unpaired) electrons. The van der Waals surface area contributed by atoms with E-state index in [2.05, 4.69) is 10.3 Å². The first-order valence-corrected chi connectivity index (χ1v) is 7.04. The molecule has 1 atom stereocenters. The Balaban J connectivity index is 1.88. The number of amides is 3. The summed E-state index contributed by atoms with van der Waals surface area (Å²) in [7, 11) is 0. The second-order valence-electron chi connectivity index (χ2n) is 5.56. The Hall–Kier alpha value is -2.63. The Morgan fingerprint density at radius 1 is 1.23 bits per heavy atom. The molecule has 1 N–H and O–H groups in total. The number of oxazole rings is 1. The average Bonchev–Trinajstić information content (AvgIpc) is 2.93. The van der Waals surface area contributed by atoms with Crippen LogP contribution in [-0.4, -0.2) is 21.8 Å². The molecule has 2 aromatic rings. The van der Waals surface area contributed by atoms with Gasteiger partial charge in [0.1, 0.15) is 17.8 Å². The van der Waals surface area contributed by atoms with E-state index < -0.39 is 11.6 Å². The van der Waals surface area contributed by atoms with Crippen molar-refractivity contribution < 1.29 is 14.0 Å². The van der Waals surface area contributed by atoms with Crippen molar-refractivity contribution in [2.45, 2.75) is 32.9 Å². The molecular weight excluding hydrogens is 282 g/mol. The molecule has 1 saturated heterocycles. The number of carbonyl (C=O) groups excluding carboxylic acids is 2. The molecule has 0 spiro atoms. The monoisotopic (exact) mass is 299 g/mol. The second kappa shape index (κ2) is 4.98. The van der Waals surface area contributed by atoms with Gasteiger partial charge in [-0.3, -0.25) is 9.69 Å². The molecule has 0 bridgehead atoms. The van der Waals surface area contributed by atoms with Crippen molar-refractivity contribution in [1.82, 2.24) is 15.2 Å². The van der Waals surface area contributed by atoms with Crippen molar-refractivity contribution in [2.75, 3.05) is 0 Å². The molecule has 22 heavy (non-hydrogen) atoms. The predicted octanol–water partition coefficient (Wildman–Crippen LogP) is 2.26. The van der Waals surface area contributed by atoms with Crippen molar-refractivity contribution in [1.29, 1.82) is 0 Å². The zero-order chi connectivity index (χ0) is 15.9. The highest BCUT2D eigenvalue weighted by Gasteiger charge is 2.49. The third kappa shape index (κ3) is 2.16. The summed E-state index contributed by atoms with van der Waals surface area (Å²) in [6, 6.07) is 8.74. The van der Waals surface area contributed by atoms with E-state index in [0.29, 0.717) is 11.7 Å². The largest absolute Gasteiger partial charge is 0.444 e. The number of urea groups is 1. The van der Waals surface area contributed by atoms with Gasteiger partial charge in [0.2, 0.25) is 5.89 Å². The molecule has 6 nitrogen and oxygen atoms in total. The van der Waals surface area contributed by atoms with Gasteiger partial charge in [-0.05, 0) is 26.3 Å².